The number of hydrogen-bond donors (Lipinski definition) is 1. The summed E-state index contributed by atoms with van der Waals surface area (Å²) in [5, 5.41) is 23.3. The van der Waals surface area contributed by atoms with Crippen molar-refractivity contribution in [1.29, 1.82) is 0 Å². The number of nitrogens with zero attached hydrogens (tertiary/aromatic N) is 1. The molecule has 0 amide bonds. The van der Waals surface area contributed by atoms with Crippen LogP contribution < -0.4 is 34.7 Å². The largest absolute Gasteiger partial charge is 1.00 e. The molecule has 0 radical (unpaired) electrons. The van der Waals surface area contributed by atoms with Gasteiger partial charge in [0.15, 0.2) is 0 Å². The standard InChI is InChI=1S/C33H34ClNO3S.Na/c1-33(2,38)22-27-8-4-3-7-24(27)13-17-31(39-19-18-32(36)37)26-9-5-6-23(20-26)10-15-29-16-12-25-11-14-28(34)21-30(25)35-29;/h3-12,14-16,20-21,31,38H,13,17-19,22H2,1-2H3,(H,36,37);/q;+1/p-1/b15-10+;. The number of fused-ring (bicyclic) bond motifs is 1. The van der Waals surface area contributed by atoms with E-state index in [9.17, 15) is 15.0 Å². The summed E-state index contributed by atoms with van der Waals surface area (Å²) in [5.41, 5.74) is 5.47. The predicted molar refractivity (Wildman–Crippen MR) is 162 cm³/mol. The number of aromatic nitrogens is 1. The molecule has 40 heavy (non-hydrogen) atoms. The Morgan fingerprint density at radius 1 is 1.02 bits per heavy atom. The number of carbonyl (C=O) groups excluding carboxylic acids is 1. The summed E-state index contributed by atoms with van der Waals surface area (Å²) in [4.78, 5) is 15.8. The van der Waals surface area contributed by atoms with Gasteiger partial charge in [0.05, 0.1) is 16.8 Å². The molecule has 4 rings (SSSR count). The van der Waals surface area contributed by atoms with Crippen LogP contribution in [0.2, 0.25) is 5.02 Å². The Morgan fingerprint density at radius 3 is 2.52 bits per heavy atom. The average Bonchev–Trinajstić information content (AvgIpc) is 2.89. The average molecular weight is 582 g/mol. The Labute approximate surface area is 268 Å². The van der Waals surface area contributed by atoms with Crippen molar-refractivity contribution in [3.63, 3.8) is 0 Å². The van der Waals surface area contributed by atoms with Crippen LogP contribution in [0.3, 0.4) is 0 Å². The number of aliphatic hydroxyl groups is 1. The van der Waals surface area contributed by atoms with Crippen molar-refractivity contribution in [2.45, 2.75) is 50.4 Å². The van der Waals surface area contributed by atoms with Crippen molar-refractivity contribution >= 4 is 52.4 Å². The third-order valence-corrected chi connectivity index (χ3v) is 8.03. The molecule has 0 aliphatic rings. The zero-order chi connectivity index (χ0) is 27.8. The van der Waals surface area contributed by atoms with Gasteiger partial charge in [0, 0.05) is 28.0 Å². The smallest absolute Gasteiger partial charge is 0.550 e. The van der Waals surface area contributed by atoms with Crippen LogP contribution in [0, 0.1) is 0 Å². The summed E-state index contributed by atoms with van der Waals surface area (Å²) >= 11 is 7.79. The number of aryl methyl sites for hydroxylation is 1. The molecule has 0 aliphatic carbocycles. The Kier molecular flexibility index (Phi) is 12.3. The molecular weight excluding hydrogens is 549 g/mol. The monoisotopic (exact) mass is 581 g/mol. The molecule has 0 saturated carbocycles. The number of hydrogen-bond acceptors (Lipinski definition) is 5. The van der Waals surface area contributed by atoms with E-state index in [1.54, 1.807) is 11.8 Å². The number of carboxylic acid groups (broad SMARTS) is 1. The fourth-order valence-electron chi connectivity index (χ4n) is 4.60. The maximum atomic E-state index is 11.1. The fraction of sp³-hybridized carbons (Fsp3) is 0.273. The van der Waals surface area contributed by atoms with Crippen molar-refractivity contribution in [2.24, 2.45) is 0 Å². The van der Waals surface area contributed by atoms with Crippen molar-refractivity contribution in [3.05, 3.63) is 112 Å². The minimum atomic E-state index is -1.03. The number of rotatable bonds is 12. The van der Waals surface area contributed by atoms with Gasteiger partial charge in [0.2, 0.25) is 0 Å². The van der Waals surface area contributed by atoms with Gasteiger partial charge in [-0.25, -0.2) is 4.98 Å². The van der Waals surface area contributed by atoms with Crippen LogP contribution in [0.25, 0.3) is 23.1 Å². The second-order valence-electron chi connectivity index (χ2n) is 10.4. The molecule has 3 aromatic carbocycles. The van der Waals surface area contributed by atoms with Gasteiger partial charge in [-0.2, -0.15) is 11.8 Å². The first-order chi connectivity index (χ1) is 18.7. The minimum Gasteiger partial charge on any atom is -0.550 e. The molecule has 0 bridgehead atoms. The van der Waals surface area contributed by atoms with Gasteiger partial charge in [-0.15, -0.1) is 0 Å². The zero-order valence-electron chi connectivity index (χ0n) is 23.3. The summed E-state index contributed by atoms with van der Waals surface area (Å²) in [6, 6.07) is 26.3. The zero-order valence-corrected chi connectivity index (χ0v) is 26.8. The van der Waals surface area contributed by atoms with E-state index < -0.39 is 11.6 Å². The van der Waals surface area contributed by atoms with Crippen molar-refractivity contribution < 1.29 is 44.6 Å². The van der Waals surface area contributed by atoms with Gasteiger partial charge < -0.3 is 15.0 Å². The Balaban J connectivity index is 0.00000441. The Morgan fingerprint density at radius 2 is 1.77 bits per heavy atom. The second-order valence-corrected chi connectivity index (χ2v) is 12.1. The molecule has 0 aliphatic heterocycles. The molecule has 0 spiro atoms. The van der Waals surface area contributed by atoms with E-state index in [1.165, 1.54) is 5.56 Å². The van der Waals surface area contributed by atoms with Gasteiger partial charge in [-0.05, 0) is 85.4 Å². The van der Waals surface area contributed by atoms with Crippen LogP contribution in [0.1, 0.15) is 59.9 Å². The minimum absolute atomic E-state index is 0. The van der Waals surface area contributed by atoms with Crippen LogP contribution in [-0.4, -0.2) is 27.4 Å². The van der Waals surface area contributed by atoms with E-state index in [0.717, 1.165) is 46.1 Å². The van der Waals surface area contributed by atoms with Gasteiger partial charge in [-0.3, -0.25) is 0 Å². The van der Waals surface area contributed by atoms with Crippen LogP contribution in [-0.2, 0) is 17.6 Å². The van der Waals surface area contributed by atoms with Crippen molar-refractivity contribution in [3.8, 4) is 0 Å². The first kappa shape index (κ1) is 32.4. The van der Waals surface area contributed by atoms with Crippen molar-refractivity contribution in [1.82, 2.24) is 4.98 Å². The van der Waals surface area contributed by atoms with Crippen LogP contribution >= 0.6 is 23.4 Å². The number of pyridine rings is 1. The number of thioether (sulfide) groups is 1. The number of carboxylic acids is 1. The molecule has 202 valence electrons. The number of halogens is 1. The van der Waals surface area contributed by atoms with Gasteiger partial charge in [0.1, 0.15) is 0 Å². The molecule has 0 fully saturated rings. The first-order valence-corrected chi connectivity index (χ1v) is 14.5. The van der Waals surface area contributed by atoms with E-state index in [-0.39, 0.29) is 41.2 Å². The molecule has 1 aromatic heterocycles. The maximum absolute atomic E-state index is 11.1. The quantitative estimate of drug-likeness (QED) is 0.257. The van der Waals surface area contributed by atoms with Crippen LogP contribution in [0.4, 0.5) is 0 Å². The molecule has 1 heterocycles. The van der Waals surface area contributed by atoms with E-state index in [0.29, 0.717) is 17.2 Å². The number of benzene rings is 3. The molecule has 1 N–H and O–H groups in total. The molecule has 4 nitrogen and oxygen atoms in total. The Hall–Kier alpha value is -2.12. The topological polar surface area (TPSA) is 73.2 Å². The second kappa shape index (κ2) is 15.2. The van der Waals surface area contributed by atoms with Gasteiger partial charge in [0.25, 0.3) is 0 Å². The SMILES string of the molecule is CC(C)(O)Cc1ccccc1CCC(SCCC(=O)[O-])c1cccc(/C=C/c2ccc3ccc(Cl)cc3n2)c1.[Na+]. The van der Waals surface area contributed by atoms with E-state index in [2.05, 4.69) is 30.3 Å². The van der Waals surface area contributed by atoms with Gasteiger partial charge >= 0.3 is 29.6 Å². The van der Waals surface area contributed by atoms with Crippen LogP contribution in [0.5, 0.6) is 0 Å². The maximum Gasteiger partial charge on any atom is 1.00 e. The first-order valence-electron chi connectivity index (χ1n) is 13.1. The normalized spacial score (nSPS) is 12.4. The molecule has 1 unspecified atom stereocenters. The number of carbonyl (C=O) groups is 1. The summed E-state index contributed by atoms with van der Waals surface area (Å²) < 4.78 is 0. The number of aliphatic carboxylic acids is 1. The summed E-state index contributed by atoms with van der Waals surface area (Å²) in [5.74, 6) is -0.542. The summed E-state index contributed by atoms with van der Waals surface area (Å²) in [6.45, 7) is 3.65. The summed E-state index contributed by atoms with van der Waals surface area (Å²) in [7, 11) is 0. The van der Waals surface area contributed by atoms with E-state index >= 15 is 0 Å². The summed E-state index contributed by atoms with van der Waals surface area (Å²) in [6.07, 6.45) is 6.32. The van der Waals surface area contributed by atoms with Crippen LogP contribution in [0.15, 0.2) is 78.9 Å². The van der Waals surface area contributed by atoms with E-state index in [1.807, 2.05) is 74.5 Å². The molecule has 0 saturated heterocycles. The predicted octanol–water partition coefficient (Wildman–Crippen LogP) is 3.92. The van der Waals surface area contributed by atoms with E-state index in [4.69, 9.17) is 16.6 Å². The van der Waals surface area contributed by atoms with Gasteiger partial charge in [-0.1, -0.05) is 78.3 Å². The molecule has 4 aromatic rings. The molecule has 1 atom stereocenters. The Bertz CT molecular complexity index is 1470. The fourth-order valence-corrected chi connectivity index (χ4v) is 5.96. The molecule has 7 heteroatoms. The third kappa shape index (κ3) is 10.1. The molecular formula is C33H33ClNNaO3S. The van der Waals surface area contributed by atoms with Crippen molar-refractivity contribution in [2.75, 3.05) is 5.75 Å². The third-order valence-electron chi connectivity index (χ3n) is 6.45.